The van der Waals surface area contributed by atoms with E-state index in [1.54, 1.807) is 18.2 Å². The average Bonchev–Trinajstić information content (AvgIpc) is 2.61. The number of carbonyl (C=O) groups is 1. The summed E-state index contributed by atoms with van der Waals surface area (Å²) in [4.78, 5) is 14.1. The third-order valence-corrected chi connectivity index (χ3v) is 3.88. The Hall–Kier alpha value is -2.66. The van der Waals surface area contributed by atoms with E-state index in [-0.39, 0.29) is 5.91 Å². The van der Waals surface area contributed by atoms with Gasteiger partial charge in [0.25, 0.3) is 0 Å². The van der Waals surface area contributed by atoms with Gasteiger partial charge >= 0.3 is 0 Å². The van der Waals surface area contributed by atoms with Crippen LogP contribution in [0.15, 0.2) is 42.5 Å². The quantitative estimate of drug-likeness (QED) is 0.789. The molecule has 0 unspecified atom stereocenters. The highest BCUT2D eigenvalue weighted by molar-refractivity contribution is 6.34. The maximum absolute atomic E-state index is 12.1. The highest BCUT2D eigenvalue weighted by Crippen LogP contribution is 2.36. The lowest BCUT2D eigenvalue weighted by atomic mass is 10.2. The number of benzene rings is 2. The van der Waals surface area contributed by atoms with Crippen LogP contribution in [0.25, 0.3) is 6.08 Å². The highest BCUT2D eigenvalue weighted by Gasteiger charge is 2.11. The van der Waals surface area contributed by atoms with E-state index in [1.165, 1.54) is 20.3 Å². The number of hydrogen-bond donors (Lipinski definition) is 1. The van der Waals surface area contributed by atoms with E-state index in [0.717, 1.165) is 11.3 Å². The summed E-state index contributed by atoms with van der Waals surface area (Å²) in [5.41, 5.74) is 2.48. The van der Waals surface area contributed by atoms with Crippen LogP contribution in [0.2, 0.25) is 5.02 Å². The predicted octanol–water partition coefficient (Wildman–Crippen LogP) is 4.08. The molecular formula is C19H21ClN2O3. The Labute approximate surface area is 152 Å². The van der Waals surface area contributed by atoms with E-state index in [4.69, 9.17) is 21.1 Å². The van der Waals surface area contributed by atoms with Crippen LogP contribution in [0.4, 0.5) is 11.4 Å². The second-order valence-corrected chi connectivity index (χ2v) is 5.90. The van der Waals surface area contributed by atoms with Gasteiger partial charge in [-0.1, -0.05) is 23.7 Å². The minimum atomic E-state index is -0.286. The normalized spacial score (nSPS) is 10.6. The number of amides is 1. The summed E-state index contributed by atoms with van der Waals surface area (Å²) >= 11 is 6.17. The molecule has 25 heavy (non-hydrogen) atoms. The molecule has 1 N–H and O–H groups in total. The fourth-order valence-electron chi connectivity index (χ4n) is 2.18. The number of nitrogens with one attached hydrogen (secondary N) is 1. The van der Waals surface area contributed by atoms with Crippen molar-refractivity contribution in [3.63, 3.8) is 0 Å². The maximum Gasteiger partial charge on any atom is 0.248 e. The lowest BCUT2D eigenvalue weighted by Crippen LogP contribution is -2.09. The van der Waals surface area contributed by atoms with Gasteiger partial charge in [0.05, 0.1) is 24.9 Å². The number of halogens is 1. The van der Waals surface area contributed by atoms with Gasteiger partial charge in [-0.15, -0.1) is 0 Å². The molecule has 0 saturated heterocycles. The largest absolute Gasteiger partial charge is 0.493 e. The Kier molecular flexibility index (Phi) is 6.31. The number of anilines is 2. The van der Waals surface area contributed by atoms with Crippen LogP contribution in [0.3, 0.4) is 0 Å². The minimum absolute atomic E-state index is 0.286. The van der Waals surface area contributed by atoms with Crippen molar-refractivity contribution >= 4 is 35.0 Å². The smallest absolute Gasteiger partial charge is 0.248 e. The van der Waals surface area contributed by atoms with E-state index in [2.05, 4.69) is 5.32 Å². The molecule has 2 aromatic carbocycles. The van der Waals surface area contributed by atoms with Gasteiger partial charge in [0, 0.05) is 38.0 Å². The standard InChI is InChI=1S/C19H21ClN2O3/c1-22(2)14-8-5-13(6-9-14)7-10-19(23)21-16-12-18(25-4)17(24-3)11-15(16)20/h5-12H,1-4H3,(H,21,23)/b10-7+. The minimum Gasteiger partial charge on any atom is -0.493 e. The van der Waals surface area contributed by atoms with Crippen LogP contribution in [0.5, 0.6) is 11.5 Å². The summed E-state index contributed by atoms with van der Waals surface area (Å²) in [5, 5.41) is 3.10. The maximum atomic E-state index is 12.1. The molecule has 0 radical (unpaired) electrons. The summed E-state index contributed by atoms with van der Waals surface area (Å²) < 4.78 is 10.4. The number of carbonyl (C=O) groups excluding carboxylic acids is 1. The van der Waals surface area contributed by atoms with Crippen molar-refractivity contribution in [2.75, 3.05) is 38.5 Å². The van der Waals surface area contributed by atoms with E-state index < -0.39 is 0 Å². The van der Waals surface area contributed by atoms with Crippen molar-refractivity contribution in [3.8, 4) is 11.5 Å². The lowest BCUT2D eigenvalue weighted by Gasteiger charge is -2.12. The van der Waals surface area contributed by atoms with Crippen LogP contribution in [-0.2, 0) is 4.79 Å². The summed E-state index contributed by atoms with van der Waals surface area (Å²) in [5.74, 6) is 0.707. The fraction of sp³-hybridized carbons (Fsp3) is 0.211. The van der Waals surface area contributed by atoms with Crippen LogP contribution in [0.1, 0.15) is 5.56 Å². The third kappa shape index (κ3) is 4.90. The molecule has 0 atom stereocenters. The number of nitrogens with zero attached hydrogens (tertiary/aromatic N) is 1. The molecule has 132 valence electrons. The molecule has 0 aliphatic heterocycles. The van der Waals surface area contributed by atoms with E-state index in [9.17, 15) is 4.79 Å². The van der Waals surface area contributed by atoms with Crippen molar-refractivity contribution in [1.29, 1.82) is 0 Å². The van der Waals surface area contributed by atoms with Crippen LogP contribution in [-0.4, -0.2) is 34.2 Å². The first-order valence-corrected chi connectivity index (χ1v) is 8.00. The lowest BCUT2D eigenvalue weighted by molar-refractivity contribution is -0.111. The predicted molar refractivity (Wildman–Crippen MR) is 103 cm³/mol. The van der Waals surface area contributed by atoms with E-state index in [1.807, 2.05) is 43.3 Å². The van der Waals surface area contributed by atoms with Gasteiger partial charge in [0.2, 0.25) is 5.91 Å². The van der Waals surface area contributed by atoms with Gasteiger partial charge < -0.3 is 19.7 Å². The SMILES string of the molecule is COc1cc(Cl)c(NC(=O)/C=C/c2ccc(N(C)C)cc2)cc1OC. The van der Waals surface area contributed by atoms with Crippen LogP contribution < -0.4 is 19.7 Å². The van der Waals surface area contributed by atoms with Gasteiger partial charge in [0.1, 0.15) is 0 Å². The van der Waals surface area contributed by atoms with Crippen molar-refractivity contribution in [1.82, 2.24) is 0 Å². The summed E-state index contributed by atoms with van der Waals surface area (Å²) in [7, 11) is 7.00. The van der Waals surface area contributed by atoms with Crippen LogP contribution in [0, 0.1) is 0 Å². The van der Waals surface area contributed by atoms with Gasteiger partial charge in [-0.25, -0.2) is 0 Å². The fourth-order valence-corrected chi connectivity index (χ4v) is 2.38. The number of methoxy groups -OCH3 is 2. The molecule has 0 saturated carbocycles. The zero-order valence-corrected chi connectivity index (χ0v) is 15.4. The second kappa shape index (κ2) is 8.44. The Morgan fingerprint density at radius 3 is 2.24 bits per heavy atom. The first-order valence-electron chi connectivity index (χ1n) is 7.62. The third-order valence-electron chi connectivity index (χ3n) is 3.57. The molecule has 6 heteroatoms. The first kappa shape index (κ1) is 18.7. The van der Waals surface area contributed by atoms with Crippen molar-refractivity contribution in [3.05, 3.63) is 53.1 Å². The Morgan fingerprint density at radius 1 is 1.08 bits per heavy atom. The van der Waals surface area contributed by atoms with Gasteiger partial charge in [-0.2, -0.15) is 0 Å². The monoisotopic (exact) mass is 360 g/mol. The molecule has 0 spiro atoms. The van der Waals surface area contributed by atoms with E-state index in [0.29, 0.717) is 22.2 Å². The van der Waals surface area contributed by atoms with Gasteiger partial charge in [-0.3, -0.25) is 4.79 Å². The zero-order chi connectivity index (χ0) is 18.4. The van der Waals surface area contributed by atoms with Crippen LogP contribution >= 0.6 is 11.6 Å². The molecule has 2 rings (SSSR count). The average molecular weight is 361 g/mol. The molecule has 0 aliphatic rings. The summed E-state index contributed by atoms with van der Waals surface area (Å²) in [6.07, 6.45) is 3.20. The number of rotatable bonds is 6. The molecular weight excluding hydrogens is 340 g/mol. The Morgan fingerprint density at radius 2 is 1.68 bits per heavy atom. The Balaban J connectivity index is 2.09. The van der Waals surface area contributed by atoms with Crippen molar-refractivity contribution in [2.45, 2.75) is 0 Å². The Bertz CT molecular complexity index is 771. The molecule has 0 bridgehead atoms. The van der Waals surface area contributed by atoms with Crippen molar-refractivity contribution in [2.24, 2.45) is 0 Å². The molecule has 0 aliphatic carbocycles. The van der Waals surface area contributed by atoms with Crippen molar-refractivity contribution < 1.29 is 14.3 Å². The molecule has 0 heterocycles. The molecule has 1 amide bonds. The molecule has 0 fully saturated rings. The summed E-state index contributed by atoms with van der Waals surface area (Å²) in [6, 6.07) is 11.1. The summed E-state index contributed by atoms with van der Waals surface area (Å²) in [6.45, 7) is 0. The topological polar surface area (TPSA) is 50.8 Å². The molecule has 5 nitrogen and oxygen atoms in total. The zero-order valence-electron chi connectivity index (χ0n) is 14.7. The molecule has 0 aromatic heterocycles. The number of ether oxygens (including phenoxy) is 2. The van der Waals surface area contributed by atoms with Gasteiger partial charge in [-0.05, 0) is 23.8 Å². The van der Waals surface area contributed by atoms with E-state index >= 15 is 0 Å². The van der Waals surface area contributed by atoms with Gasteiger partial charge in [0.15, 0.2) is 11.5 Å². The highest BCUT2D eigenvalue weighted by atomic mass is 35.5. The first-order chi connectivity index (χ1) is 11.9. The molecule has 2 aromatic rings. The second-order valence-electron chi connectivity index (χ2n) is 5.50. The number of hydrogen-bond acceptors (Lipinski definition) is 4.